The summed E-state index contributed by atoms with van der Waals surface area (Å²) < 4.78 is 42.6. The number of nitrogens with one attached hydrogen (secondary N) is 2. The number of anilines is 1. The first-order valence-electron chi connectivity index (χ1n) is 9.51. The van der Waals surface area contributed by atoms with Gasteiger partial charge in [-0.15, -0.1) is 5.10 Å². The molecular formula is C20H19F3N6O3S. The van der Waals surface area contributed by atoms with Crippen LogP contribution in [0, 0.1) is 0 Å². The maximum Gasteiger partial charge on any atom is 0.422 e. The zero-order chi connectivity index (χ0) is 23.8. The molecular weight excluding hydrogens is 461 g/mol. The predicted octanol–water partition coefficient (Wildman–Crippen LogP) is 2.81. The predicted molar refractivity (Wildman–Crippen MR) is 114 cm³/mol. The molecule has 0 aliphatic rings. The molecule has 9 nitrogen and oxygen atoms in total. The third kappa shape index (κ3) is 7.79. The van der Waals surface area contributed by atoms with E-state index in [0.717, 1.165) is 0 Å². The molecule has 0 unspecified atom stereocenters. The van der Waals surface area contributed by atoms with E-state index >= 15 is 0 Å². The first-order valence-corrected chi connectivity index (χ1v) is 10.5. The van der Waals surface area contributed by atoms with Crippen LogP contribution in [0.15, 0.2) is 53.7 Å². The number of nitrogens with zero attached hydrogens (tertiary/aromatic N) is 4. The van der Waals surface area contributed by atoms with E-state index in [0.29, 0.717) is 22.0 Å². The van der Waals surface area contributed by atoms with Crippen molar-refractivity contribution in [2.75, 3.05) is 17.7 Å². The van der Waals surface area contributed by atoms with Crippen LogP contribution in [0.25, 0.3) is 0 Å². The van der Waals surface area contributed by atoms with Crippen molar-refractivity contribution in [1.29, 1.82) is 0 Å². The van der Waals surface area contributed by atoms with Crippen LogP contribution < -0.4 is 15.4 Å². The number of tetrazole rings is 1. The molecule has 0 aliphatic heterocycles. The lowest BCUT2D eigenvalue weighted by molar-refractivity contribution is -0.153. The van der Waals surface area contributed by atoms with Crippen LogP contribution >= 0.6 is 11.8 Å². The second-order valence-corrected chi connectivity index (χ2v) is 7.67. The fourth-order valence-electron chi connectivity index (χ4n) is 2.53. The van der Waals surface area contributed by atoms with Crippen molar-refractivity contribution in [2.24, 2.45) is 7.05 Å². The monoisotopic (exact) mass is 480 g/mol. The molecule has 3 aromatic rings. The molecule has 2 amide bonds. The van der Waals surface area contributed by atoms with Crippen LogP contribution in [-0.2, 0) is 18.4 Å². The summed E-state index contributed by atoms with van der Waals surface area (Å²) in [4.78, 5) is 24.4. The molecule has 0 bridgehead atoms. The second-order valence-electron chi connectivity index (χ2n) is 6.73. The van der Waals surface area contributed by atoms with Crippen molar-refractivity contribution >= 4 is 29.3 Å². The summed E-state index contributed by atoms with van der Waals surface area (Å²) in [6.07, 6.45) is -4.40. The summed E-state index contributed by atoms with van der Waals surface area (Å²) >= 11 is 1.19. The Kier molecular flexibility index (Phi) is 7.87. The fraction of sp³-hybridized carbons (Fsp3) is 0.250. The van der Waals surface area contributed by atoms with Crippen molar-refractivity contribution in [1.82, 2.24) is 25.5 Å². The van der Waals surface area contributed by atoms with Gasteiger partial charge in [-0.05, 0) is 52.4 Å². The minimum absolute atomic E-state index is 0.0895. The number of benzene rings is 2. The molecule has 0 spiro atoms. The zero-order valence-electron chi connectivity index (χ0n) is 17.3. The Morgan fingerprint density at radius 3 is 2.39 bits per heavy atom. The van der Waals surface area contributed by atoms with Crippen LogP contribution in [0.2, 0.25) is 0 Å². The zero-order valence-corrected chi connectivity index (χ0v) is 18.1. The molecule has 0 atom stereocenters. The number of halogens is 3. The van der Waals surface area contributed by atoms with E-state index in [1.54, 1.807) is 43.4 Å². The Morgan fingerprint density at radius 1 is 1.09 bits per heavy atom. The van der Waals surface area contributed by atoms with Crippen molar-refractivity contribution < 1.29 is 27.5 Å². The number of thioether (sulfide) groups is 1. The SMILES string of the molecule is Cn1nnnc1SCC(=O)Nc1ccc(C(=O)NCc2ccc(OCC(F)(F)F)cc2)cc1. The fourth-order valence-corrected chi connectivity index (χ4v) is 3.18. The first kappa shape index (κ1) is 24.0. The average Bonchev–Trinajstić information content (AvgIpc) is 3.20. The Labute approximate surface area is 190 Å². The molecule has 1 heterocycles. The van der Waals surface area contributed by atoms with Gasteiger partial charge in [0.25, 0.3) is 5.91 Å². The van der Waals surface area contributed by atoms with Gasteiger partial charge in [0.05, 0.1) is 5.75 Å². The summed E-state index contributed by atoms with van der Waals surface area (Å²) in [5.74, 6) is -0.374. The number of carbonyl (C=O) groups is 2. The van der Waals surface area contributed by atoms with E-state index in [-0.39, 0.29) is 29.9 Å². The first-order chi connectivity index (χ1) is 15.7. The van der Waals surface area contributed by atoms with Gasteiger partial charge >= 0.3 is 6.18 Å². The number of amides is 2. The van der Waals surface area contributed by atoms with Crippen molar-refractivity contribution in [3.8, 4) is 5.75 Å². The molecule has 0 fully saturated rings. The highest BCUT2D eigenvalue weighted by molar-refractivity contribution is 7.99. The smallest absolute Gasteiger partial charge is 0.422 e. The summed E-state index contributed by atoms with van der Waals surface area (Å²) in [5.41, 5.74) is 1.61. The van der Waals surface area contributed by atoms with Crippen molar-refractivity contribution in [2.45, 2.75) is 17.9 Å². The van der Waals surface area contributed by atoms with Gasteiger partial charge < -0.3 is 15.4 Å². The van der Waals surface area contributed by atoms with E-state index in [1.165, 1.54) is 28.6 Å². The summed E-state index contributed by atoms with van der Waals surface area (Å²) in [5, 5.41) is 16.9. The number of aromatic nitrogens is 4. The number of alkyl halides is 3. The highest BCUT2D eigenvalue weighted by atomic mass is 32.2. The van der Waals surface area contributed by atoms with Gasteiger partial charge in [0.2, 0.25) is 11.1 Å². The normalized spacial score (nSPS) is 11.2. The topological polar surface area (TPSA) is 111 Å². The molecule has 33 heavy (non-hydrogen) atoms. The molecule has 2 N–H and O–H groups in total. The molecule has 0 saturated heterocycles. The highest BCUT2D eigenvalue weighted by Crippen LogP contribution is 2.19. The van der Waals surface area contributed by atoms with Gasteiger partial charge in [0.1, 0.15) is 5.75 Å². The van der Waals surface area contributed by atoms with Gasteiger partial charge in [0, 0.05) is 24.8 Å². The average molecular weight is 480 g/mol. The van der Waals surface area contributed by atoms with Gasteiger partial charge in [-0.25, -0.2) is 4.68 Å². The number of ether oxygens (including phenoxy) is 1. The quantitative estimate of drug-likeness (QED) is 0.453. The third-order valence-electron chi connectivity index (χ3n) is 4.12. The Hall–Kier alpha value is -3.61. The standard InChI is InChI=1S/C20H19F3N6O3S/c1-29-19(26-27-28-29)33-11-17(30)25-15-6-4-14(5-7-15)18(31)24-10-13-2-8-16(9-3-13)32-12-20(21,22)23/h2-9H,10-12H2,1H3,(H,24,31)(H,25,30). The molecule has 0 saturated carbocycles. The van der Waals surface area contributed by atoms with Gasteiger partial charge in [-0.1, -0.05) is 23.9 Å². The molecule has 0 radical (unpaired) electrons. The minimum atomic E-state index is -4.40. The largest absolute Gasteiger partial charge is 0.484 e. The van der Waals surface area contributed by atoms with E-state index in [1.807, 2.05) is 0 Å². The number of hydrogen-bond donors (Lipinski definition) is 2. The van der Waals surface area contributed by atoms with Crippen LogP contribution in [-0.4, -0.2) is 50.6 Å². The third-order valence-corrected chi connectivity index (χ3v) is 5.13. The summed E-state index contributed by atoms with van der Waals surface area (Å²) in [7, 11) is 1.67. The van der Waals surface area contributed by atoms with Crippen molar-refractivity contribution in [3.05, 3.63) is 59.7 Å². The number of aryl methyl sites for hydroxylation is 1. The van der Waals surface area contributed by atoms with Crippen LogP contribution in [0.1, 0.15) is 15.9 Å². The molecule has 0 aliphatic carbocycles. The Bertz CT molecular complexity index is 1090. The van der Waals surface area contributed by atoms with Crippen LogP contribution in [0.5, 0.6) is 5.75 Å². The maximum absolute atomic E-state index is 12.3. The van der Waals surface area contributed by atoms with E-state index in [9.17, 15) is 22.8 Å². The maximum atomic E-state index is 12.3. The van der Waals surface area contributed by atoms with Crippen LogP contribution in [0.4, 0.5) is 18.9 Å². The molecule has 3 rings (SSSR count). The van der Waals surface area contributed by atoms with Crippen molar-refractivity contribution in [3.63, 3.8) is 0 Å². The highest BCUT2D eigenvalue weighted by Gasteiger charge is 2.28. The summed E-state index contributed by atoms with van der Waals surface area (Å²) in [6, 6.07) is 12.3. The molecule has 174 valence electrons. The lowest BCUT2D eigenvalue weighted by Gasteiger charge is -2.10. The second kappa shape index (κ2) is 10.8. The minimum Gasteiger partial charge on any atom is -0.484 e. The summed E-state index contributed by atoms with van der Waals surface area (Å²) in [6.45, 7) is -1.18. The number of hydrogen-bond acceptors (Lipinski definition) is 7. The van der Waals surface area contributed by atoms with E-state index in [4.69, 9.17) is 0 Å². The van der Waals surface area contributed by atoms with E-state index < -0.39 is 12.8 Å². The Morgan fingerprint density at radius 2 is 1.79 bits per heavy atom. The van der Waals surface area contributed by atoms with E-state index in [2.05, 4.69) is 30.9 Å². The molecule has 13 heteroatoms. The van der Waals surface area contributed by atoms with Gasteiger partial charge in [-0.3, -0.25) is 9.59 Å². The lowest BCUT2D eigenvalue weighted by Crippen LogP contribution is -2.23. The number of carbonyl (C=O) groups excluding carboxylic acids is 2. The van der Waals surface area contributed by atoms with Gasteiger partial charge in [0.15, 0.2) is 6.61 Å². The number of rotatable bonds is 9. The van der Waals surface area contributed by atoms with Gasteiger partial charge in [-0.2, -0.15) is 13.2 Å². The van der Waals surface area contributed by atoms with Crippen LogP contribution in [0.3, 0.4) is 0 Å². The Balaban J connectivity index is 1.44. The molecule has 1 aromatic heterocycles. The molecule has 2 aromatic carbocycles. The lowest BCUT2D eigenvalue weighted by atomic mass is 10.1.